The predicted octanol–water partition coefficient (Wildman–Crippen LogP) is 2.51. The van der Waals surface area contributed by atoms with E-state index in [9.17, 15) is 14.9 Å². The Balaban J connectivity index is 2.55. The van der Waals surface area contributed by atoms with E-state index in [-0.39, 0.29) is 11.3 Å². The average Bonchev–Trinajstić information content (AvgIpc) is 2.42. The van der Waals surface area contributed by atoms with Gasteiger partial charge in [0, 0.05) is 0 Å². The molecule has 0 N–H and O–H groups in total. The minimum absolute atomic E-state index is 0.122. The van der Waals surface area contributed by atoms with Gasteiger partial charge in [-0.15, -0.1) is 0 Å². The fraction of sp³-hybridized carbons (Fsp3) is 0. The van der Waals surface area contributed by atoms with E-state index in [0.29, 0.717) is 3.57 Å². The van der Waals surface area contributed by atoms with Gasteiger partial charge in [0.05, 0.1) is 0 Å². The standard InChI is InChI=1S/C7H3ClINO4/c8-9-6-2-1-4(10(12)13)3-5(6)7(11)14-9/h1-3H. The van der Waals surface area contributed by atoms with Gasteiger partial charge in [-0.1, -0.05) is 0 Å². The van der Waals surface area contributed by atoms with Crippen LogP contribution in [0.4, 0.5) is 5.69 Å². The number of halogens is 2. The third kappa shape index (κ3) is 1.44. The number of nitrogens with zero attached hydrogens (tertiary/aromatic N) is 1. The quantitative estimate of drug-likeness (QED) is 0.451. The first kappa shape index (κ1) is 9.66. The van der Waals surface area contributed by atoms with Gasteiger partial charge >= 0.3 is 89.9 Å². The van der Waals surface area contributed by atoms with Crippen molar-refractivity contribution >= 4 is 39.7 Å². The van der Waals surface area contributed by atoms with Crippen LogP contribution in [0.1, 0.15) is 10.4 Å². The Hall–Kier alpha value is -0.890. The molecule has 74 valence electrons. The number of nitro groups is 1. The van der Waals surface area contributed by atoms with Crippen molar-refractivity contribution in [1.29, 1.82) is 0 Å². The van der Waals surface area contributed by atoms with Crippen molar-refractivity contribution in [1.82, 2.24) is 0 Å². The fourth-order valence-corrected chi connectivity index (χ4v) is 4.37. The molecule has 5 nitrogen and oxygen atoms in total. The molecule has 0 unspecified atom stereocenters. The molecule has 0 atom stereocenters. The second-order valence-corrected chi connectivity index (χ2v) is 7.02. The Labute approximate surface area is 89.8 Å². The topological polar surface area (TPSA) is 69.4 Å². The van der Waals surface area contributed by atoms with Crippen LogP contribution in [0.2, 0.25) is 0 Å². The van der Waals surface area contributed by atoms with Crippen molar-refractivity contribution in [2.24, 2.45) is 0 Å². The summed E-state index contributed by atoms with van der Waals surface area (Å²) in [5, 5.41) is 10.4. The zero-order valence-electron chi connectivity index (χ0n) is 6.57. The summed E-state index contributed by atoms with van der Waals surface area (Å²) in [6.45, 7) is 0. The molecule has 0 fully saturated rings. The van der Waals surface area contributed by atoms with Crippen LogP contribution in [0, 0.1) is 13.7 Å². The summed E-state index contributed by atoms with van der Waals surface area (Å²) in [5.41, 5.74) is 0.114. The first-order valence-corrected chi connectivity index (χ1v) is 8.16. The number of fused-ring (bicyclic) bond motifs is 1. The van der Waals surface area contributed by atoms with Gasteiger partial charge in [-0.25, -0.2) is 0 Å². The molecule has 0 aromatic heterocycles. The fourth-order valence-electron chi connectivity index (χ4n) is 1.06. The molecule has 1 aromatic carbocycles. The normalized spacial score (nSPS) is 16.4. The van der Waals surface area contributed by atoms with Crippen LogP contribution >= 0.6 is 28.0 Å². The number of rotatable bonds is 1. The van der Waals surface area contributed by atoms with Crippen molar-refractivity contribution in [3.05, 3.63) is 37.4 Å². The summed E-state index contributed by atoms with van der Waals surface area (Å²) in [6, 6.07) is 4.03. The number of benzene rings is 1. The summed E-state index contributed by atoms with van der Waals surface area (Å²) >= 11 is -2.33. The summed E-state index contributed by atoms with van der Waals surface area (Å²) in [7, 11) is 5.81. The number of hydrogen-bond acceptors (Lipinski definition) is 4. The number of carbonyl (C=O) groups is 1. The molecule has 1 heterocycles. The summed E-state index contributed by atoms with van der Waals surface area (Å²) < 4.78 is 5.46. The van der Waals surface area contributed by atoms with Gasteiger partial charge < -0.3 is 0 Å². The summed E-state index contributed by atoms with van der Waals surface area (Å²) in [6.07, 6.45) is 0. The van der Waals surface area contributed by atoms with Gasteiger partial charge in [-0.3, -0.25) is 0 Å². The molecule has 2 rings (SSSR count). The second kappa shape index (κ2) is 3.35. The van der Waals surface area contributed by atoms with Gasteiger partial charge in [0.25, 0.3) is 0 Å². The molecule has 1 aliphatic heterocycles. The van der Waals surface area contributed by atoms with E-state index in [2.05, 4.69) is 0 Å². The van der Waals surface area contributed by atoms with Crippen LogP contribution in [0.5, 0.6) is 0 Å². The van der Waals surface area contributed by atoms with Crippen LogP contribution in [0.15, 0.2) is 18.2 Å². The molecule has 0 amide bonds. The van der Waals surface area contributed by atoms with Crippen molar-refractivity contribution in [3.63, 3.8) is 0 Å². The molecule has 1 aliphatic rings. The van der Waals surface area contributed by atoms with E-state index in [0.717, 1.165) is 0 Å². The van der Waals surface area contributed by atoms with E-state index >= 15 is 0 Å². The Kier molecular flexibility index (Phi) is 2.31. The number of hydrogen-bond donors (Lipinski definition) is 0. The third-order valence-corrected chi connectivity index (χ3v) is 5.74. The van der Waals surface area contributed by atoms with E-state index in [1.165, 1.54) is 18.2 Å². The Bertz CT molecular complexity index is 436. The molecule has 0 bridgehead atoms. The molecule has 0 radical (unpaired) electrons. The molecule has 14 heavy (non-hydrogen) atoms. The van der Waals surface area contributed by atoms with Gasteiger partial charge in [0.2, 0.25) is 0 Å². The molecule has 0 aliphatic carbocycles. The van der Waals surface area contributed by atoms with E-state index < -0.39 is 30.0 Å². The SMILES string of the molecule is O=C1OI(Cl)c2ccc([N+](=O)[O-])cc21. The molecular formula is C7H3ClINO4. The van der Waals surface area contributed by atoms with E-state index in [1.807, 2.05) is 0 Å². The molecule has 0 saturated carbocycles. The summed E-state index contributed by atoms with van der Waals surface area (Å²) in [5.74, 6) is -0.552. The first-order valence-electron chi connectivity index (χ1n) is 3.47. The maximum absolute atomic E-state index is 11.2. The van der Waals surface area contributed by atoms with Crippen LogP contribution in [-0.2, 0) is 3.07 Å². The Morgan fingerprint density at radius 3 is 2.86 bits per heavy atom. The molecular weight excluding hydrogens is 324 g/mol. The number of carbonyl (C=O) groups excluding carboxylic acids is 1. The average molecular weight is 327 g/mol. The van der Waals surface area contributed by atoms with E-state index in [1.54, 1.807) is 0 Å². The van der Waals surface area contributed by atoms with Crippen molar-refractivity contribution in [3.8, 4) is 0 Å². The van der Waals surface area contributed by atoms with Crippen molar-refractivity contribution < 1.29 is 12.8 Å². The molecule has 0 saturated heterocycles. The monoisotopic (exact) mass is 327 g/mol. The van der Waals surface area contributed by atoms with Gasteiger partial charge in [-0.05, 0) is 0 Å². The minimum atomic E-state index is -2.33. The third-order valence-electron chi connectivity index (χ3n) is 1.68. The van der Waals surface area contributed by atoms with Gasteiger partial charge in [-0.2, -0.15) is 0 Å². The number of non-ortho nitro benzene ring substituents is 1. The van der Waals surface area contributed by atoms with Gasteiger partial charge in [0.1, 0.15) is 0 Å². The zero-order chi connectivity index (χ0) is 10.3. The Morgan fingerprint density at radius 2 is 2.21 bits per heavy atom. The van der Waals surface area contributed by atoms with Crippen LogP contribution in [-0.4, -0.2) is 10.9 Å². The summed E-state index contributed by atoms with van der Waals surface area (Å²) in [4.78, 5) is 21.0. The Morgan fingerprint density at radius 1 is 1.50 bits per heavy atom. The molecule has 1 aromatic rings. The van der Waals surface area contributed by atoms with Crippen LogP contribution < -0.4 is 0 Å². The predicted molar refractivity (Wildman–Crippen MR) is 57.1 cm³/mol. The van der Waals surface area contributed by atoms with Crippen molar-refractivity contribution in [2.45, 2.75) is 0 Å². The maximum atomic E-state index is 11.2. The van der Waals surface area contributed by atoms with Crippen molar-refractivity contribution in [2.75, 3.05) is 0 Å². The zero-order valence-corrected chi connectivity index (χ0v) is 9.48. The van der Waals surface area contributed by atoms with Crippen LogP contribution in [0.3, 0.4) is 0 Å². The van der Waals surface area contributed by atoms with Crippen LogP contribution in [0.25, 0.3) is 0 Å². The number of nitro benzene ring substituents is 1. The first-order chi connectivity index (χ1) is 6.59. The second-order valence-electron chi connectivity index (χ2n) is 2.49. The molecule has 0 spiro atoms. The van der Waals surface area contributed by atoms with Gasteiger partial charge in [0.15, 0.2) is 0 Å². The van der Waals surface area contributed by atoms with E-state index in [4.69, 9.17) is 12.0 Å². The molecule has 7 heteroatoms.